The highest BCUT2D eigenvalue weighted by Gasteiger charge is 2.44. The standard InChI is InChI=1S/C8H5ClF2O2.C8H6F2O3.2CH4/c9-4-5-1-2-6-7(3-5)13-8(10,11)12-6;9-8(10)12-6-2-1-5(4-11)3-7(6)13-8;;/h1-3H,4H2;1-3,11H,4H2;2*1H4. The predicted molar refractivity (Wildman–Crippen MR) is 94.2 cm³/mol. The molecular formula is C18H19ClF4O5. The molecule has 0 aromatic heterocycles. The van der Waals surface area contributed by atoms with Crippen molar-refractivity contribution in [2.75, 3.05) is 0 Å². The Bertz CT molecular complexity index is 749. The predicted octanol–water partition coefficient (Wildman–Crippen LogP) is 5.52. The van der Waals surface area contributed by atoms with E-state index in [1.165, 1.54) is 30.3 Å². The first-order valence-corrected chi connectivity index (χ1v) is 7.69. The van der Waals surface area contributed by atoms with E-state index in [1.54, 1.807) is 6.07 Å². The molecule has 0 amide bonds. The minimum atomic E-state index is -3.59. The molecule has 0 unspecified atom stereocenters. The molecule has 0 aliphatic carbocycles. The molecule has 0 radical (unpaired) electrons. The van der Waals surface area contributed by atoms with Gasteiger partial charge in [-0.15, -0.1) is 29.2 Å². The number of hydrogen-bond donors (Lipinski definition) is 1. The van der Waals surface area contributed by atoms with Gasteiger partial charge >= 0.3 is 12.6 Å². The second kappa shape index (κ2) is 8.74. The van der Waals surface area contributed by atoms with E-state index in [-0.39, 0.29) is 50.3 Å². The molecule has 1 N–H and O–H groups in total. The van der Waals surface area contributed by atoms with Crippen molar-refractivity contribution >= 4 is 11.6 Å². The maximum absolute atomic E-state index is 12.5. The number of hydrogen-bond acceptors (Lipinski definition) is 5. The molecule has 4 rings (SSSR count). The summed E-state index contributed by atoms with van der Waals surface area (Å²) in [5.41, 5.74) is 1.21. The van der Waals surface area contributed by atoms with Gasteiger partial charge in [-0.05, 0) is 35.4 Å². The van der Waals surface area contributed by atoms with Crippen LogP contribution in [0.2, 0.25) is 0 Å². The molecule has 156 valence electrons. The summed E-state index contributed by atoms with van der Waals surface area (Å²) in [6.45, 7) is -0.220. The smallest absolute Gasteiger partial charge is 0.395 e. The van der Waals surface area contributed by atoms with E-state index in [4.69, 9.17) is 16.7 Å². The SMILES string of the molecule is C.C.FC1(F)Oc2ccc(CCl)cc2O1.OCc1ccc2c(c1)OC(F)(F)O2. The summed E-state index contributed by atoms with van der Waals surface area (Å²) in [5, 5.41) is 8.72. The Morgan fingerprint density at radius 3 is 1.54 bits per heavy atom. The third-order valence-corrected chi connectivity index (χ3v) is 3.58. The fourth-order valence-corrected chi connectivity index (χ4v) is 2.33. The lowest BCUT2D eigenvalue weighted by atomic mass is 10.2. The van der Waals surface area contributed by atoms with Crippen molar-refractivity contribution in [2.24, 2.45) is 0 Å². The van der Waals surface area contributed by atoms with Crippen molar-refractivity contribution in [3.05, 3.63) is 47.5 Å². The van der Waals surface area contributed by atoms with E-state index >= 15 is 0 Å². The first-order chi connectivity index (χ1) is 12.2. The lowest BCUT2D eigenvalue weighted by Crippen LogP contribution is -2.25. The largest absolute Gasteiger partial charge is 0.586 e. The summed E-state index contributed by atoms with van der Waals surface area (Å²) < 4.78 is 66.7. The monoisotopic (exact) mass is 426 g/mol. The molecule has 2 aliphatic heterocycles. The zero-order chi connectivity index (χ0) is 18.9. The Labute approximate surface area is 164 Å². The average molecular weight is 427 g/mol. The number of halogens is 5. The average Bonchev–Trinajstić information content (AvgIpc) is 3.05. The quantitative estimate of drug-likeness (QED) is 0.506. The van der Waals surface area contributed by atoms with Crippen LogP contribution in [0.4, 0.5) is 17.6 Å². The van der Waals surface area contributed by atoms with Gasteiger partial charge < -0.3 is 24.1 Å². The topological polar surface area (TPSA) is 57.2 Å². The molecule has 0 atom stereocenters. The minimum absolute atomic E-state index is 0. The van der Waals surface area contributed by atoms with Gasteiger partial charge in [-0.2, -0.15) is 0 Å². The molecule has 0 saturated heterocycles. The molecule has 0 bridgehead atoms. The third kappa shape index (κ3) is 5.32. The molecule has 0 spiro atoms. The number of aliphatic hydroxyl groups is 1. The number of aliphatic hydroxyl groups excluding tert-OH is 1. The number of benzene rings is 2. The highest BCUT2D eigenvalue weighted by atomic mass is 35.5. The lowest BCUT2D eigenvalue weighted by Gasteiger charge is -2.04. The van der Waals surface area contributed by atoms with Gasteiger partial charge in [0.25, 0.3) is 0 Å². The van der Waals surface area contributed by atoms with Gasteiger partial charge in [0.2, 0.25) is 0 Å². The zero-order valence-corrected chi connectivity index (χ0v) is 13.6. The summed E-state index contributed by atoms with van der Waals surface area (Å²) in [6.07, 6.45) is -7.14. The molecule has 5 nitrogen and oxygen atoms in total. The molecule has 10 heteroatoms. The zero-order valence-electron chi connectivity index (χ0n) is 12.8. The molecule has 0 saturated carbocycles. The Balaban J connectivity index is 0.000000261. The molecule has 2 aliphatic rings. The maximum Gasteiger partial charge on any atom is 0.586 e. The van der Waals surface area contributed by atoms with Gasteiger partial charge in [0, 0.05) is 5.88 Å². The van der Waals surface area contributed by atoms with E-state index in [1.807, 2.05) is 0 Å². The van der Waals surface area contributed by atoms with Crippen LogP contribution in [0, 0.1) is 0 Å². The Morgan fingerprint density at radius 2 is 1.11 bits per heavy atom. The van der Waals surface area contributed by atoms with Crippen molar-refractivity contribution in [2.45, 2.75) is 39.9 Å². The number of fused-ring (bicyclic) bond motifs is 2. The summed E-state index contributed by atoms with van der Waals surface area (Å²) in [5.74, 6) is 0.267. The van der Waals surface area contributed by atoms with Gasteiger partial charge in [-0.25, -0.2) is 0 Å². The van der Waals surface area contributed by atoms with Gasteiger partial charge in [0.1, 0.15) is 0 Å². The van der Waals surface area contributed by atoms with Crippen molar-refractivity contribution < 1.29 is 41.6 Å². The summed E-state index contributed by atoms with van der Waals surface area (Å²) >= 11 is 5.52. The molecule has 2 aromatic carbocycles. The van der Waals surface area contributed by atoms with Crippen LogP contribution in [0.25, 0.3) is 0 Å². The molecule has 28 heavy (non-hydrogen) atoms. The van der Waals surface area contributed by atoms with Gasteiger partial charge in [-0.3, -0.25) is 0 Å². The normalized spacial score (nSPS) is 16.2. The summed E-state index contributed by atoms with van der Waals surface area (Å²) in [7, 11) is 0. The van der Waals surface area contributed by atoms with E-state index in [2.05, 4.69) is 18.9 Å². The third-order valence-electron chi connectivity index (χ3n) is 3.27. The lowest BCUT2D eigenvalue weighted by molar-refractivity contribution is -0.287. The Hall–Kier alpha value is -2.39. The number of rotatable bonds is 2. The molecule has 2 aromatic rings. The highest BCUT2D eigenvalue weighted by Crippen LogP contribution is 2.42. The van der Waals surface area contributed by atoms with Crippen LogP contribution in [-0.4, -0.2) is 17.7 Å². The van der Waals surface area contributed by atoms with E-state index in [0.717, 1.165) is 0 Å². The molecule has 0 fully saturated rings. The van der Waals surface area contributed by atoms with Crippen molar-refractivity contribution in [3.8, 4) is 23.0 Å². The van der Waals surface area contributed by atoms with Crippen LogP contribution in [0.3, 0.4) is 0 Å². The number of ether oxygens (including phenoxy) is 4. The van der Waals surface area contributed by atoms with Crippen molar-refractivity contribution in [1.29, 1.82) is 0 Å². The second-order valence-electron chi connectivity index (χ2n) is 5.19. The van der Waals surface area contributed by atoms with Crippen LogP contribution in [0.1, 0.15) is 26.0 Å². The van der Waals surface area contributed by atoms with Crippen LogP contribution in [0.5, 0.6) is 23.0 Å². The molecule has 2 heterocycles. The second-order valence-corrected chi connectivity index (χ2v) is 5.46. The Morgan fingerprint density at radius 1 is 0.714 bits per heavy atom. The van der Waals surface area contributed by atoms with Crippen LogP contribution in [0.15, 0.2) is 36.4 Å². The highest BCUT2D eigenvalue weighted by molar-refractivity contribution is 6.17. The van der Waals surface area contributed by atoms with Gasteiger partial charge in [0.05, 0.1) is 6.61 Å². The van der Waals surface area contributed by atoms with E-state index in [0.29, 0.717) is 11.1 Å². The van der Waals surface area contributed by atoms with E-state index < -0.39 is 12.6 Å². The van der Waals surface area contributed by atoms with E-state index in [9.17, 15) is 17.6 Å². The van der Waals surface area contributed by atoms with Crippen LogP contribution in [-0.2, 0) is 12.5 Å². The van der Waals surface area contributed by atoms with Crippen molar-refractivity contribution in [1.82, 2.24) is 0 Å². The summed E-state index contributed by atoms with van der Waals surface area (Å²) in [4.78, 5) is 0. The summed E-state index contributed by atoms with van der Waals surface area (Å²) in [6, 6.07) is 8.59. The minimum Gasteiger partial charge on any atom is -0.395 e. The number of alkyl halides is 5. The van der Waals surface area contributed by atoms with Crippen LogP contribution >= 0.6 is 11.6 Å². The Kier molecular flexibility index (Phi) is 7.38. The van der Waals surface area contributed by atoms with Crippen LogP contribution < -0.4 is 18.9 Å². The first-order valence-electron chi connectivity index (χ1n) is 7.16. The van der Waals surface area contributed by atoms with Crippen molar-refractivity contribution in [3.63, 3.8) is 0 Å². The maximum atomic E-state index is 12.5. The first kappa shape index (κ1) is 23.6. The van der Waals surface area contributed by atoms with Gasteiger partial charge in [0.15, 0.2) is 23.0 Å². The molecular weight excluding hydrogens is 408 g/mol. The van der Waals surface area contributed by atoms with Gasteiger partial charge in [-0.1, -0.05) is 27.0 Å². The fraction of sp³-hybridized carbons (Fsp3) is 0.333. The fourth-order valence-electron chi connectivity index (χ4n) is 2.17.